The standard InChI is InChI=1S/C45H75NO20/c1-15-33(51)63-31(21-35(53)58-25(4)17-18-47)41(57-14)40(30(20-36(55-12)56-13)19-24(3)32(23-48)61-28(7)49)66-44-42(62-29(8)50)38(46(10)11)39(26(5)60-44)65-37-22-45(9,54)43(27(6)59-37)64-34(52)16-2/h18,23-27,30-32,36-44,54H,15-17,19-22H2,1-14H3/t24-,25-,26-,27+,30-,31-,32+,37+,38+,39-,40+,41+,42-,43+,44+,45-/m1/s1. The summed E-state index contributed by atoms with van der Waals surface area (Å²) in [5.41, 5.74) is -1.56. The predicted octanol–water partition coefficient (Wildman–Crippen LogP) is 2.60. The van der Waals surface area contributed by atoms with E-state index in [4.69, 9.17) is 56.8 Å². The van der Waals surface area contributed by atoms with E-state index in [1.165, 1.54) is 49.0 Å². The van der Waals surface area contributed by atoms with Gasteiger partial charge in [0.05, 0.1) is 30.8 Å². The Balaban J connectivity index is 2.83. The number of nitrogens with zero attached hydrogens (tertiary/aromatic N) is 1. The number of aldehydes is 2. The van der Waals surface area contributed by atoms with Gasteiger partial charge >= 0.3 is 29.8 Å². The molecular weight excluding hydrogens is 874 g/mol. The fourth-order valence-electron chi connectivity index (χ4n) is 8.41. The molecule has 2 aliphatic rings. The fraction of sp³-hybridized carbons (Fsp3) is 0.844. The van der Waals surface area contributed by atoms with Crippen LogP contribution in [0.5, 0.6) is 0 Å². The minimum absolute atomic E-state index is 0.0117. The first kappa shape index (κ1) is 58.5. The summed E-state index contributed by atoms with van der Waals surface area (Å²) >= 11 is 0. The molecule has 0 unspecified atom stereocenters. The van der Waals surface area contributed by atoms with E-state index in [-0.39, 0.29) is 38.5 Å². The first-order valence-electron chi connectivity index (χ1n) is 22.4. The van der Waals surface area contributed by atoms with Crippen LogP contribution >= 0.6 is 0 Å². The number of rotatable bonds is 28. The molecule has 16 atom stereocenters. The maximum atomic E-state index is 13.5. The predicted molar refractivity (Wildman–Crippen MR) is 230 cm³/mol. The molecule has 380 valence electrons. The van der Waals surface area contributed by atoms with Crippen LogP contribution in [0.4, 0.5) is 0 Å². The molecule has 0 radical (unpaired) electrons. The van der Waals surface area contributed by atoms with Gasteiger partial charge in [0.2, 0.25) is 0 Å². The van der Waals surface area contributed by atoms with Crippen molar-refractivity contribution in [3.8, 4) is 0 Å². The second kappa shape index (κ2) is 28.0. The minimum atomic E-state index is -1.56. The van der Waals surface area contributed by atoms with Gasteiger partial charge in [-0.2, -0.15) is 0 Å². The van der Waals surface area contributed by atoms with Gasteiger partial charge in [-0.3, -0.25) is 28.8 Å². The van der Waals surface area contributed by atoms with Gasteiger partial charge in [0.25, 0.3) is 0 Å². The van der Waals surface area contributed by atoms with Crippen molar-refractivity contribution < 1.29 is 95.5 Å². The van der Waals surface area contributed by atoms with Crippen LogP contribution in [0.3, 0.4) is 0 Å². The molecule has 66 heavy (non-hydrogen) atoms. The van der Waals surface area contributed by atoms with Gasteiger partial charge in [-0.15, -0.1) is 0 Å². The lowest BCUT2D eigenvalue weighted by molar-refractivity contribution is -0.345. The largest absolute Gasteiger partial charge is 0.462 e. The molecule has 0 aliphatic carbocycles. The van der Waals surface area contributed by atoms with Crippen LogP contribution in [0.1, 0.15) is 107 Å². The summed E-state index contributed by atoms with van der Waals surface area (Å²) < 4.78 is 71.9. The summed E-state index contributed by atoms with van der Waals surface area (Å²) in [7, 11) is 7.57. The van der Waals surface area contributed by atoms with E-state index in [0.717, 1.165) is 0 Å². The number of methoxy groups -OCH3 is 3. The monoisotopic (exact) mass is 949 g/mol. The first-order valence-corrected chi connectivity index (χ1v) is 22.4. The Bertz CT molecular complexity index is 1560. The van der Waals surface area contributed by atoms with Crippen LogP contribution in [0.15, 0.2) is 0 Å². The van der Waals surface area contributed by atoms with E-state index in [0.29, 0.717) is 12.6 Å². The van der Waals surface area contributed by atoms with Gasteiger partial charge < -0.3 is 71.6 Å². The molecule has 2 rings (SSSR count). The number of carbonyl (C=O) groups excluding carboxylic acids is 7. The van der Waals surface area contributed by atoms with Crippen LogP contribution in [0.2, 0.25) is 0 Å². The molecule has 2 aliphatic heterocycles. The third-order valence-corrected chi connectivity index (χ3v) is 11.6. The summed E-state index contributed by atoms with van der Waals surface area (Å²) in [6, 6.07) is -0.849. The van der Waals surface area contributed by atoms with Gasteiger partial charge in [-0.05, 0) is 54.1 Å². The van der Waals surface area contributed by atoms with Crippen LogP contribution in [-0.2, 0) is 90.4 Å². The molecule has 0 amide bonds. The van der Waals surface area contributed by atoms with Crippen molar-refractivity contribution in [3.05, 3.63) is 0 Å². The fourth-order valence-corrected chi connectivity index (χ4v) is 8.41. The van der Waals surface area contributed by atoms with E-state index in [2.05, 4.69) is 0 Å². The lowest BCUT2D eigenvalue weighted by atomic mass is 9.82. The van der Waals surface area contributed by atoms with Crippen molar-refractivity contribution in [2.45, 2.75) is 199 Å². The van der Waals surface area contributed by atoms with Crippen molar-refractivity contribution in [1.82, 2.24) is 4.90 Å². The van der Waals surface area contributed by atoms with Gasteiger partial charge in [0, 0.05) is 73.2 Å². The third-order valence-electron chi connectivity index (χ3n) is 11.6. The second-order valence-electron chi connectivity index (χ2n) is 17.3. The third kappa shape index (κ3) is 17.4. The highest BCUT2D eigenvalue weighted by Crippen LogP contribution is 2.39. The Labute approximate surface area is 388 Å². The number of likely N-dealkylation sites (N-methyl/N-ethyl adjacent to an activating group) is 1. The van der Waals surface area contributed by atoms with Crippen LogP contribution in [0, 0.1) is 11.8 Å². The molecule has 2 fully saturated rings. The SMILES string of the molecule is CCC(=O)O[C@H](CC(=O)O[C@H](C)CC=O)[C@H](OC)[C@@H](O[C@@H]1O[C@H](C)[C@@H](O[C@H]2C[C@@](C)(O)[C@@H](OC(=O)CC)[C@H](C)O2)[C@H](N(C)C)[C@H]1OC(C)=O)[C@@H](CC(OC)OC)C[C@@H](C)[C@H](C=O)OC(C)=O. The zero-order valence-electron chi connectivity index (χ0n) is 41.0. The highest BCUT2D eigenvalue weighted by molar-refractivity contribution is 5.73. The molecular formula is C45H75NO20. The van der Waals surface area contributed by atoms with Crippen LogP contribution in [-0.4, -0.2) is 179 Å². The Kier molecular flexibility index (Phi) is 24.8. The van der Waals surface area contributed by atoms with Gasteiger partial charge in [-0.25, -0.2) is 0 Å². The maximum absolute atomic E-state index is 13.5. The number of hydrogen-bond donors (Lipinski definition) is 1. The molecule has 0 aromatic rings. The Morgan fingerprint density at radius 3 is 1.94 bits per heavy atom. The van der Waals surface area contributed by atoms with Crippen molar-refractivity contribution in [1.29, 1.82) is 0 Å². The quantitative estimate of drug-likeness (QED) is 0.0512. The van der Waals surface area contributed by atoms with E-state index < -0.39 is 140 Å². The van der Waals surface area contributed by atoms with Crippen molar-refractivity contribution in [2.75, 3.05) is 35.4 Å². The zero-order valence-corrected chi connectivity index (χ0v) is 41.0. The van der Waals surface area contributed by atoms with E-state index in [1.54, 1.807) is 53.6 Å². The molecule has 0 bridgehead atoms. The summed E-state index contributed by atoms with van der Waals surface area (Å²) in [6.45, 7) is 13.6. The highest BCUT2D eigenvalue weighted by Gasteiger charge is 2.54. The average Bonchev–Trinajstić information content (AvgIpc) is 3.23. The van der Waals surface area contributed by atoms with Gasteiger partial charge in [0.15, 0.2) is 43.5 Å². The normalized spacial score (nSPS) is 28.7. The van der Waals surface area contributed by atoms with Crippen LogP contribution in [0.25, 0.3) is 0 Å². The lowest BCUT2D eigenvalue weighted by Gasteiger charge is -2.51. The molecule has 21 heteroatoms. The molecule has 0 spiro atoms. The van der Waals surface area contributed by atoms with Gasteiger partial charge in [0.1, 0.15) is 36.3 Å². The van der Waals surface area contributed by atoms with E-state index in [1.807, 2.05) is 0 Å². The highest BCUT2D eigenvalue weighted by atomic mass is 16.7. The molecule has 2 heterocycles. The summed E-state index contributed by atoms with van der Waals surface area (Å²) in [6.07, 6.45) is -14.0. The van der Waals surface area contributed by atoms with E-state index in [9.17, 15) is 38.7 Å². The summed E-state index contributed by atoms with van der Waals surface area (Å²) in [5.74, 6) is -4.98. The van der Waals surface area contributed by atoms with Crippen molar-refractivity contribution in [2.24, 2.45) is 11.8 Å². The summed E-state index contributed by atoms with van der Waals surface area (Å²) in [4.78, 5) is 89.2. The molecule has 2 saturated heterocycles. The van der Waals surface area contributed by atoms with Crippen molar-refractivity contribution >= 4 is 42.4 Å². The molecule has 0 saturated carbocycles. The number of aliphatic hydroxyl groups is 1. The number of carbonyl (C=O) groups is 7. The average molecular weight is 950 g/mol. The van der Waals surface area contributed by atoms with Crippen LogP contribution < -0.4 is 0 Å². The topological polar surface area (TPSA) is 254 Å². The Hall–Kier alpha value is -3.67. The van der Waals surface area contributed by atoms with Gasteiger partial charge in [-0.1, -0.05) is 20.8 Å². The second-order valence-corrected chi connectivity index (χ2v) is 17.3. The number of ether oxygens (including phenoxy) is 12. The Morgan fingerprint density at radius 1 is 0.803 bits per heavy atom. The van der Waals surface area contributed by atoms with Crippen molar-refractivity contribution in [3.63, 3.8) is 0 Å². The van der Waals surface area contributed by atoms with E-state index >= 15 is 0 Å². The summed E-state index contributed by atoms with van der Waals surface area (Å²) in [5, 5.41) is 11.5. The zero-order chi connectivity index (χ0) is 50.1. The molecule has 0 aromatic heterocycles. The number of hydrogen-bond acceptors (Lipinski definition) is 21. The Morgan fingerprint density at radius 2 is 1.44 bits per heavy atom. The molecule has 1 N–H and O–H groups in total. The number of esters is 5. The first-order chi connectivity index (χ1) is 31.0. The molecule has 21 nitrogen and oxygen atoms in total. The maximum Gasteiger partial charge on any atom is 0.309 e. The smallest absolute Gasteiger partial charge is 0.309 e. The minimum Gasteiger partial charge on any atom is -0.462 e. The lowest BCUT2D eigenvalue weighted by Crippen LogP contribution is -2.66. The molecule has 0 aromatic carbocycles.